The molecule has 8 aliphatic heterocycles. The number of amides is 6. The van der Waals surface area contributed by atoms with Gasteiger partial charge in [0.1, 0.15) is 11.1 Å². The molecule has 31 nitrogen and oxygen atoms in total. The Morgan fingerprint density at radius 3 is 1.09 bits per heavy atom. The summed E-state index contributed by atoms with van der Waals surface area (Å²) in [6.07, 6.45) is 5.51. The third kappa shape index (κ3) is 26.3. The fourth-order valence-electron chi connectivity index (χ4n) is 12.6. The van der Waals surface area contributed by atoms with Gasteiger partial charge in [0.05, 0.1) is 73.2 Å². The summed E-state index contributed by atoms with van der Waals surface area (Å²) in [5.74, 6) is -5.76. The molecule has 119 heavy (non-hydrogen) atoms. The van der Waals surface area contributed by atoms with Gasteiger partial charge in [0.25, 0.3) is 71.9 Å². The number of fused-ring (bicyclic) bond motifs is 4. The second-order valence-corrected chi connectivity index (χ2v) is 34.0. The summed E-state index contributed by atoms with van der Waals surface area (Å²) in [4.78, 5) is 131. The van der Waals surface area contributed by atoms with Crippen LogP contribution in [-0.4, -0.2) is 177 Å². The van der Waals surface area contributed by atoms with Crippen molar-refractivity contribution in [1.82, 2.24) is 14.7 Å². The van der Waals surface area contributed by atoms with Crippen molar-refractivity contribution in [2.75, 3.05) is 63.3 Å². The van der Waals surface area contributed by atoms with Crippen LogP contribution < -0.4 is 16.2 Å². The molecule has 6 aromatic rings. The first-order valence-corrected chi connectivity index (χ1v) is 40.7. The number of ether oxygens (including phenoxy) is 5. The fraction of sp³-hybridized carbons (Fsp3) is 0.418. The Kier molecular flexibility index (Phi) is 41.7. The first-order chi connectivity index (χ1) is 53.5. The van der Waals surface area contributed by atoms with Gasteiger partial charge >= 0.3 is 11.9 Å². The molecule has 6 amide bonds. The Morgan fingerprint density at radius 1 is 0.471 bits per heavy atom. The Morgan fingerprint density at radius 2 is 0.756 bits per heavy atom. The van der Waals surface area contributed by atoms with Crippen molar-refractivity contribution < 1.29 is 136 Å². The first-order valence-electron chi connectivity index (χ1n) is 35.4. The normalized spacial score (nSPS) is 16.2. The molecule has 14 rings (SSSR count). The van der Waals surface area contributed by atoms with E-state index in [0.29, 0.717) is 89.9 Å². The fourth-order valence-corrected chi connectivity index (χ4v) is 15.4. The van der Waals surface area contributed by atoms with Crippen LogP contribution in [0, 0.1) is 27.2 Å². The second kappa shape index (κ2) is 46.4. The number of imide groups is 3. The molecule has 0 aromatic heterocycles. The van der Waals surface area contributed by atoms with E-state index >= 15 is 0 Å². The molecule has 0 bridgehead atoms. The maximum Gasteiger partial charge on any atom is 0.354 e. The minimum Gasteiger partial charge on any atom is -0.481 e. The van der Waals surface area contributed by atoms with Gasteiger partial charge in [-0.05, 0) is 134 Å². The average molecular weight is 1870 g/mol. The number of hydrogen-bond donors (Lipinski definition) is 4. The van der Waals surface area contributed by atoms with Crippen molar-refractivity contribution >= 4 is 152 Å². The van der Waals surface area contributed by atoms with Gasteiger partial charge in [0.15, 0.2) is 5.56 Å². The largest absolute Gasteiger partial charge is 0.481 e. The number of hydrogen-bond acceptors (Lipinski definition) is 24. The Labute approximate surface area is 739 Å². The van der Waals surface area contributed by atoms with E-state index in [4.69, 9.17) is 97.4 Å². The van der Waals surface area contributed by atoms with Gasteiger partial charge in [-0.1, -0.05) is 134 Å². The van der Waals surface area contributed by atoms with E-state index < -0.39 is 76.1 Å². The Hall–Kier alpha value is -7.93. The van der Waals surface area contributed by atoms with Crippen LogP contribution in [0.3, 0.4) is 0 Å². The third-order valence-corrected chi connectivity index (χ3v) is 22.4. The predicted molar refractivity (Wildman–Crippen MR) is 443 cm³/mol. The van der Waals surface area contributed by atoms with E-state index in [1.807, 2.05) is 20.8 Å². The molecular weight excluding hydrogens is 1770 g/mol. The number of rotatable bonds is 9. The summed E-state index contributed by atoms with van der Waals surface area (Å²) >= 11 is 23.9. The number of carbonyl (C=O) groups excluding carboxylic acids is 8. The molecule has 40 heteroatoms. The zero-order valence-corrected chi connectivity index (χ0v) is 72.2. The van der Waals surface area contributed by atoms with E-state index in [1.165, 1.54) is 58.3 Å². The number of anilines is 2. The molecular formula is C79H96Cl5N8O23S2V2-. The topological polar surface area (TPSA) is 448 Å². The van der Waals surface area contributed by atoms with Gasteiger partial charge in [-0.25, -0.2) is 26.4 Å². The van der Waals surface area contributed by atoms with Crippen LogP contribution in [0.4, 0.5) is 22.7 Å². The Balaban J connectivity index is 0.000000493. The zero-order chi connectivity index (χ0) is 84.8. The molecule has 6 N–H and O–H groups in total. The molecule has 8 heterocycles. The van der Waals surface area contributed by atoms with Crippen LogP contribution in [0.1, 0.15) is 223 Å². The van der Waals surface area contributed by atoms with Gasteiger partial charge in [0, 0.05) is 150 Å². The first kappa shape index (κ1) is 107. The number of halogens is 5. The van der Waals surface area contributed by atoms with E-state index in [0.717, 1.165) is 61.1 Å². The quantitative estimate of drug-likeness (QED) is 0.0153. The molecule has 648 valence electrons. The summed E-state index contributed by atoms with van der Waals surface area (Å²) < 4.78 is 75.6. The molecule has 0 unspecified atom stereocenters. The van der Waals surface area contributed by atoms with Crippen molar-refractivity contribution in [2.45, 2.75) is 174 Å². The van der Waals surface area contributed by atoms with E-state index in [1.54, 1.807) is 43.3 Å². The van der Waals surface area contributed by atoms with Crippen LogP contribution in [0.15, 0.2) is 107 Å². The van der Waals surface area contributed by atoms with Crippen molar-refractivity contribution in [2.24, 2.45) is 5.73 Å². The minimum absolute atomic E-state index is 0. The molecule has 0 saturated carbocycles. The molecule has 4 fully saturated rings. The zero-order valence-electron chi connectivity index (χ0n) is 64.0. The number of carboxylic acids is 1. The number of nitrogens with two attached hydrogens (primary N) is 2. The SMILES string of the molecule is C.C.C.CC(=O)O.CC(C)(C)c1ccc(S(=O)(=O)Cl)cc1.CC(C)(C)c1ccc(S(=O)(=O)Nc2ccc(Cl)c3c2C(=O)N(C2CCOCC2)C3=O)cc1.NC1CCOCC1.Nc1ccc(Cl)c2c1C(=O)N(C1CCOCC1)C2=O.O=C1OC(=O)c2c([N+](=O)[O-])ccc(Cl)c21.O=C1c2c(Cl)ccc([N+](=O)[O-])c2C(=O)N1C1CCOCC1.[CH2-]C.[V].[V]. The number of carbonyl (C=O) groups is 9. The maximum absolute atomic E-state index is 13.2. The number of nitro groups is 2. The summed E-state index contributed by atoms with van der Waals surface area (Å²) in [7, 11) is -2.38. The Bertz CT molecular complexity index is 4890. The molecule has 2 radical (unpaired) electrons. The number of sulfonamides is 1. The maximum atomic E-state index is 13.2. The average Bonchev–Trinajstić information content (AvgIpc) is 1.60. The predicted octanol–water partition coefficient (Wildman–Crippen LogP) is 15.4. The number of aliphatic carboxylic acids is 1. The molecule has 4 saturated heterocycles. The van der Waals surface area contributed by atoms with Crippen LogP contribution in [0.2, 0.25) is 20.1 Å². The number of cyclic esters (lactones) is 2. The number of carboxylic acid groups (broad SMARTS) is 1. The van der Waals surface area contributed by atoms with Gasteiger partial charge in [-0.3, -0.25) is 73.2 Å². The molecule has 8 aliphatic rings. The molecule has 0 atom stereocenters. The number of nitrogen functional groups attached to an aromatic ring is 1. The van der Waals surface area contributed by atoms with Gasteiger partial charge in [-0.15, -0.1) is 0 Å². The van der Waals surface area contributed by atoms with Crippen LogP contribution in [0.5, 0.6) is 0 Å². The monoisotopic (exact) mass is 1870 g/mol. The van der Waals surface area contributed by atoms with Crippen LogP contribution in [0.25, 0.3) is 0 Å². The number of nitrogens with one attached hydrogen (secondary N) is 1. The number of benzene rings is 6. The van der Waals surface area contributed by atoms with Crippen LogP contribution in [-0.2, 0) is 95.5 Å². The smallest absolute Gasteiger partial charge is 0.354 e. The van der Waals surface area contributed by atoms with Crippen molar-refractivity contribution in [3.63, 3.8) is 0 Å². The molecule has 0 aliphatic carbocycles. The third-order valence-electron chi connectivity index (χ3n) is 18.4. The van der Waals surface area contributed by atoms with Crippen molar-refractivity contribution in [1.29, 1.82) is 0 Å². The summed E-state index contributed by atoms with van der Waals surface area (Å²) in [6, 6.07) is 23.5. The van der Waals surface area contributed by atoms with Gasteiger partial charge < -0.3 is 47.2 Å². The van der Waals surface area contributed by atoms with Crippen molar-refractivity contribution in [3.05, 3.63) is 200 Å². The van der Waals surface area contributed by atoms with Crippen LogP contribution >= 0.6 is 57.1 Å². The van der Waals surface area contributed by atoms with Crippen molar-refractivity contribution in [3.8, 4) is 0 Å². The summed E-state index contributed by atoms with van der Waals surface area (Å²) in [6.45, 7) is 23.1. The standard InChI is InChI=1S/C23H25ClN2O5S.C13H11ClN2O5.C13H13ClN2O3.C10H13ClO2S.C8H2ClNO5.C5H11NO.C2H4O2.C2H5.3CH4.2V/c1-23(2,3)14-4-6-16(7-5-14)32(29,30)25-18-9-8-17(24)19-20(18)22(28)26(21(19)27)15-10-12-31-13-11-15;14-8-1-2-9(16(19)20)11-10(8)12(17)15(13(11)18)7-3-5-21-6-4-7;14-8-1-2-9(15)11-10(8)12(17)16(13(11)18)7-3-5-19-6-4-7;1-10(2,3)8-4-6-9(7-5-8)14(11,12)13;9-3-1-2-4(10(13)14)6-5(3)7(11)15-8(6)12;6-5-1-3-7-4-2-5;1-2(3)4;1-2;;;;;/h4-9,15,25H,10-13H2,1-3H3;1-2,7H,3-6H2;1-2,7H,3-6,15H2;4-7H,1-3H3;1-2H;5H,1-4,6H2;1H3,(H,3,4);1H2,2H3;3*1H4;;/q;;;;;;;-1;;;;;. The molecule has 6 aromatic carbocycles. The summed E-state index contributed by atoms with van der Waals surface area (Å²) in [5.41, 5.74) is 12.4. The second-order valence-electron chi connectivity index (χ2n) is 28.1. The van der Waals surface area contributed by atoms with E-state index in [-0.39, 0.29) is 186 Å². The number of nitrogens with zero attached hydrogens (tertiary/aromatic N) is 5. The number of esters is 2. The minimum atomic E-state index is -3.99. The van der Waals surface area contributed by atoms with Gasteiger partial charge in [0.2, 0.25) is 0 Å². The number of nitro benzene ring substituents is 2. The van der Waals surface area contributed by atoms with Gasteiger partial charge in [-0.2, -0.15) is 6.92 Å². The molecule has 0 spiro atoms. The van der Waals surface area contributed by atoms with E-state index in [9.17, 15) is 75.4 Å². The summed E-state index contributed by atoms with van der Waals surface area (Å²) in [5, 5.41) is 29.5. The van der Waals surface area contributed by atoms with E-state index in [2.05, 4.69) is 37.2 Å².